The molecule has 0 fully saturated rings. The van der Waals surface area contributed by atoms with E-state index in [-0.39, 0.29) is 11.3 Å². The number of benzene rings is 1. The summed E-state index contributed by atoms with van der Waals surface area (Å²) in [7, 11) is 0. The van der Waals surface area contributed by atoms with Gasteiger partial charge in [0.1, 0.15) is 5.75 Å². The van der Waals surface area contributed by atoms with Crippen molar-refractivity contribution in [3.05, 3.63) is 62.9 Å². The Labute approximate surface area is 101 Å². The minimum atomic E-state index is -1.03. The van der Waals surface area contributed by atoms with Crippen molar-refractivity contribution in [3.63, 3.8) is 0 Å². The third-order valence-electron chi connectivity index (χ3n) is 2.29. The van der Waals surface area contributed by atoms with E-state index in [0.717, 1.165) is 0 Å². The fourth-order valence-electron chi connectivity index (χ4n) is 1.37. The predicted molar refractivity (Wildman–Crippen MR) is 63.9 cm³/mol. The van der Waals surface area contributed by atoms with E-state index in [1.165, 1.54) is 13.1 Å². The van der Waals surface area contributed by atoms with Gasteiger partial charge in [-0.3, -0.25) is 4.79 Å². The summed E-state index contributed by atoms with van der Waals surface area (Å²) >= 11 is 0. The van der Waals surface area contributed by atoms with E-state index in [4.69, 9.17) is 4.74 Å². The van der Waals surface area contributed by atoms with Gasteiger partial charge in [-0.1, -0.05) is 18.2 Å². The quantitative estimate of drug-likeness (QED) is 0.810. The number of ether oxygens (including phenoxy) is 1. The third-order valence-corrected chi connectivity index (χ3v) is 2.29. The number of carbonyl (C=O) groups is 1. The van der Waals surface area contributed by atoms with E-state index in [2.05, 4.69) is 4.98 Å². The molecule has 1 aromatic heterocycles. The van der Waals surface area contributed by atoms with Crippen molar-refractivity contribution in [2.45, 2.75) is 6.92 Å². The lowest BCUT2D eigenvalue weighted by Crippen LogP contribution is -2.42. The molecule has 92 valence electrons. The number of rotatable bonds is 1. The molecule has 0 unspecified atom stereocenters. The van der Waals surface area contributed by atoms with Crippen molar-refractivity contribution in [3.8, 4) is 5.75 Å². The van der Waals surface area contributed by atoms with Crippen molar-refractivity contribution in [2.75, 3.05) is 0 Å². The highest BCUT2D eigenvalue weighted by atomic mass is 16.6. The van der Waals surface area contributed by atoms with Crippen LogP contribution in [0.1, 0.15) is 5.56 Å². The molecule has 0 aliphatic heterocycles. The summed E-state index contributed by atoms with van der Waals surface area (Å²) in [4.78, 5) is 37.1. The molecule has 6 heteroatoms. The number of nitrogens with zero attached hydrogens (tertiary/aromatic N) is 1. The lowest BCUT2D eigenvalue weighted by atomic mass is 10.3. The van der Waals surface area contributed by atoms with Gasteiger partial charge in [0.05, 0.1) is 0 Å². The molecule has 1 heterocycles. The number of para-hydroxylation sites is 1. The molecule has 0 aliphatic carbocycles. The number of hydrogen-bond acceptors (Lipinski definition) is 4. The molecule has 0 saturated carbocycles. The van der Waals surface area contributed by atoms with Gasteiger partial charge in [-0.05, 0) is 19.1 Å². The van der Waals surface area contributed by atoms with Gasteiger partial charge in [-0.15, -0.1) is 0 Å². The van der Waals surface area contributed by atoms with Crippen LogP contribution in [0.5, 0.6) is 5.75 Å². The molecule has 0 amide bonds. The topological polar surface area (TPSA) is 81.2 Å². The van der Waals surface area contributed by atoms with Crippen LogP contribution >= 0.6 is 0 Å². The molecule has 2 rings (SSSR count). The van der Waals surface area contributed by atoms with Crippen molar-refractivity contribution >= 4 is 6.09 Å². The Balaban J connectivity index is 2.39. The molecule has 0 spiro atoms. The van der Waals surface area contributed by atoms with Gasteiger partial charge in [0.2, 0.25) is 0 Å². The number of aromatic nitrogens is 2. The molecule has 0 aliphatic rings. The smallest absolute Gasteiger partial charge is 0.410 e. The lowest BCUT2D eigenvalue weighted by molar-refractivity contribution is 0.200. The van der Waals surface area contributed by atoms with Crippen LogP contribution in [0.25, 0.3) is 0 Å². The van der Waals surface area contributed by atoms with Gasteiger partial charge >= 0.3 is 11.8 Å². The third kappa shape index (κ3) is 2.22. The first-order valence-electron chi connectivity index (χ1n) is 5.18. The highest BCUT2D eigenvalue weighted by Gasteiger charge is 2.14. The van der Waals surface area contributed by atoms with E-state index in [1.54, 1.807) is 30.3 Å². The highest BCUT2D eigenvalue weighted by molar-refractivity contribution is 5.72. The number of nitrogens with one attached hydrogen (secondary N) is 1. The maximum Gasteiger partial charge on any atom is 0.430 e. The summed E-state index contributed by atoms with van der Waals surface area (Å²) in [6, 6.07) is 8.19. The predicted octanol–water partition coefficient (Wildman–Crippen LogP) is 0.892. The average Bonchev–Trinajstić information content (AvgIpc) is 2.36. The summed E-state index contributed by atoms with van der Waals surface area (Å²) in [5.74, 6) is 0.260. The number of H-pyrrole nitrogens is 1. The second-order valence-electron chi connectivity index (χ2n) is 3.60. The maximum atomic E-state index is 11.7. The average molecular weight is 246 g/mol. The Morgan fingerprint density at radius 2 is 1.89 bits per heavy atom. The van der Waals surface area contributed by atoms with E-state index in [1.807, 2.05) is 0 Å². The Morgan fingerprint density at radius 1 is 1.22 bits per heavy atom. The molecule has 0 saturated heterocycles. The van der Waals surface area contributed by atoms with Gasteiger partial charge < -0.3 is 9.72 Å². The second-order valence-corrected chi connectivity index (χ2v) is 3.60. The van der Waals surface area contributed by atoms with Crippen LogP contribution in [0.4, 0.5) is 4.79 Å². The highest BCUT2D eigenvalue weighted by Crippen LogP contribution is 2.08. The summed E-state index contributed by atoms with van der Waals surface area (Å²) in [6.45, 7) is 1.49. The largest absolute Gasteiger partial charge is 0.430 e. The monoisotopic (exact) mass is 246 g/mol. The van der Waals surface area contributed by atoms with Crippen LogP contribution in [0.2, 0.25) is 0 Å². The van der Waals surface area contributed by atoms with Crippen molar-refractivity contribution in [1.29, 1.82) is 0 Å². The SMILES string of the molecule is Cc1c[nH]c(=O)n(C(=O)Oc2ccccc2)c1=O. The zero-order chi connectivity index (χ0) is 13.1. The fraction of sp³-hybridized carbons (Fsp3) is 0.0833. The molecule has 1 N–H and O–H groups in total. The van der Waals surface area contributed by atoms with E-state index in [0.29, 0.717) is 4.57 Å². The van der Waals surface area contributed by atoms with Crippen LogP contribution in [0.15, 0.2) is 46.1 Å². The van der Waals surface area contributed by atoms with E-state index >= 15 is 0 Å². The number of carbonyl (C=O) groups excluding carboxylic acids is 1. The lowest BCUT2D eigenvalue weighted by Gasteiger charge is -2.05. The Kier molecular flexibility index (Phi) is 3.09. The normalized spacial score (nSPS) is 10.1. The second kappa shape index (κ2) is 4.70. The van der Waals surface area contributed by atoms with Crippen LogP contribution < -0.4 is 16.0 Å². The Hall–Kier alpha value is -2.63. The minimum Gasteiger partial charge on any atom is -0.410 e. The molecule has 18 heavy (non-hydrogen) atoms. The first kappa shape index (κ1) is 11.8. The van der Waals surface area contributed by atoms with Crippen molar-refractivity contribution in [1.82, 2.24) is 9.55 Å². The minimum absolute atomic E-state index is 0.250. The summed E-state index contributed by atoms with van der Waals surface area (Å²) in [5.41, 5.74) is -1.27. The molecular weight excluding hydrogens is 236 g/mol. The summed E-state index contributed by atoms with van der Waals surface area (Å²) < 4.78 is 5.34. The molecular formula is C12H10N2O4. The number of aromatic amines is 1. The first-order valence-corrected chi connectivity index (χ1v) is 5.18. The van der Waals surface area contributed by atoms with Gasteiger partial charge in [-0.25, -0.2) is 9.59 Å². The van der Waals surface area contributed by atoms with Crippen LogP contribution in [-0.2, 0) is 0 Å². The van der Waals surface area contributed by atoms with Crippen molar-refractivity contribution < 1.29 is 9.53 Å². The van der Waals surface area contributed by atoms with Crippen molar-refractivity contribution in [2.24, 2.45) is 0 Å². The van der Waals surface area contributed by atoms with E-state index in [9.17, 15) is 14.4 Å². The molecule has 0 radical (unpaired) electrons. The van der Waals surface area contributed by atoms with Crippen LogP contribution in [0, 0.1) is 6.92 Å². The zero-order valence-electron chi connectivity index (χ0n) is 9.54. The number of aryl methyl sites for hydroxylation is 1. The molecule has 0 atom stereocenters. The maximum absolute atomic E-state index is 11.7. The zero-order valence-corrected chi connectivity index (χ0v) is 9.54. The van der Waals surface area contributed by atoms with E-state index < -0.39 is 17.3 Å². The fourth-order valence-corrected chi connectivity index (χ4v) is 1.37. The van der Waals surface area contributed by atoms with Gasteiger partial charge in [0.15, 0.2) is 0 Å². The van der Waals surface area contributed by atoms with Crippen LogP contribution in [0.3, 0.4) is 0 Å². The van der Waals surface area contributed by atoms with Gasteiger partial charge in [0.25, 0.3) is 5.56 Å². The standard InChI is InChI=1S/C12H10N2O4/c1-8-7-13-11(16)14(10(8)15)12(17)18-9-5-3-2-4-6-9/h2-7H,1H3,(H,13,16). The molecule has 2 aromatic rings. The summed E-state index contributed by atoms with van der Waals surface area (Å²) in [6.07, 6.45) is 0.216. The Morgan fingerprint density at radius 3 is 2.56 bits per heavy atom. The van der Waals surface area contributed by atoms with Gasteiger partial charge in [0, 0.05) is 11.8 Å². The Bertz CT molecular complexity index is 685. The molecule has 0 bridgehead atoms. The molecule has 1 aromatic carbocycles. The van der Waals surface area contributed by atoms with Crippen LogP contribution in [-0.4, -0.2) is 15.6 Å². The first-order chi connectivity index (χ1) is 8.59. The number of hydrogen-bond donors (Lipinski definition) is 1. The summed E-state index contributed by atoms with van der Waals surface area (Å²) in [5, 5.41) is 0. The van der Waals surface area contributed by atoms with Gasteiger partial charge in [-0.2, -0.15) is 4.57 Å². The molecule has 6 nitrogen and oxygen atoms in total.